The van der Waals surface area contributed by atoms with Gasteiger partial charge in [-0.1, -0.05) is 30.3 Å². The average Bonchev–Trinajstić information content (AvgIpc) is 2.69. The van der Waals surface area contributed by atoms with Crippen LogP contribution in [0, 0.1) is 0 Å². The second kappa shape index (κ2) is 11.6. The normalized spacial score (nSPS) is 10.2. The van der Waals surface area contributed by atoms with Gasteiger partial charge in [0.1, 0.15) is 5.75 Å². The average molecular weight is 437 g/mol. The van der Waals surface area contributed by atoms with Gasteiger partial charge in [0.25, 0.3) is 5.56 Å². The Bertz CT molecular complexity index is 962. The molecule has 1 aromatic carbocycles. The van der Waals surface area contributed by atoms with E-state index in [-0.39, 0.29) is 36.4 Å². The highest BCUT2D eigenvalue weighted by atomic mass is 35.5. The van der Waals surface area contributed by atoms with Crippen molar-refractivity contribution < 1.29 is 4.74 Å². The van der Waals surface area contributed by atoms with Gasteiger partial charge in [-0.05, 0) is 38.9 Å². The number of nitrogens with zero attached hydrogens (tertiary/aromatic N) is 3. The molecule has 29 heavy (non-hydrogen) atoms. The summed E-state index contributed by atoms with van der Waals surface area (Å²) < 4.78 is 7.24. The van der Waals surface area contributed by atoms with Crippen LogP contribution in [0.5, 0.6) is 5.75 Å². The van der Waals surface area contributed by atoms with Crippen molar-refractivity contribution in [3.05, 3.63) is 65.1 Å². The highest BCUT2D eigenvalue weighted by Crippen LogP contribution is 2.31. The fourth-order valence-corrected chi connectivity index (χ4v) is 2.76. The topological polar surface area (TPSA) is 83.0 Å². The van der Waals surface area contributed by atoms with Crippen LogP contribution < -0.4 is 16.0 Å². The number of aromatic nitrogens is 3. The van der Waals surface area contributed by atoms with Gasteiger partial charge >= 0.3 is 0 Å². The van der Waals surface area contributed by atoms with Crippen molar-refractivity contribution in [2.24, 2.45) is 5.73 Å². The van der Waals surface area contributed by atoms with Crippen molar-refractivity contribution in [2.45, 2.75) is 26.3 Å². The van der Waals surface area contributed by atoms with E-state index in [0.717, 1.165) is 23.2 Å². The van der Waals surface area contributed by atoms with Crippen LogP contribution in [0.15, 0.2) is 59.5 Å². The first-order valence-electron chi connectivity index (χ1n) is 9.08. The third kappa shape index (κ3) is 6.03. The van der Waals surface area contributed by atoms with Gasteiger partial charge in [-0.25, -0.2) is 4.68 Å². The van der Waals surface area contributed by atoms with E-state index in [1.165, 1.54) is 4.68 Å². The number of rotatable bonds is 7. The van der Waals surface area contributed by atoms with Crippen molar-refractivity contribution in [3.63, 3.8) is 0 Å². The summed E-state index contributed by atoms with van der Waals surface area (Å²) in [6, 6.07) is 15.1. The van der Waals surface area contributed by atoms with E-state index in [2.05, 4.69) is 10.1 Å². The molecular weight excluding hydrogens is 411 g/mol. The fourth-order valence-electron chi connectivity index (χ4n) is 2.76. The van der Waals surface area contributed by atoms with Crippen LogP contribution in [0.2, 0.25) is 0 Å². The van der Waals surface area contributed by atoms with Crippen LogP contribution in [0.1, 0.15) is 26.3 Å². The molecule has 0 saturated carbocycles. The number of ether oxygens (including phenoxy) is 1. The van der Waals surface area contributed by atoms with Crippen molar-refractivity contribution in [1.29, 1.82) is 0 Å². The summed E-state index contributed by atoms with van der Waals surface area (Å²) in [5.41, 5.74) is 8.68. The summed E-state index contributed by atoms with van der Waals surface area (Å²) >= 11 is 0. The molecule has 0 aliphatic heterocycles. The lowest BCUT2D eigenvalue weighted by atomic mass is 10.0. The zero-order chi connectivity index (χ0) is 19.2. The van der Waals surface area contributed by atoms with E-state index in [0.29, 0.717) is 24.6 Å². The minimum Gasteiger partial charge on any atom is -0.492 e. The molecule has 0 fully saturated rings. The molecular formula is C21H26Cl2N4O2. The van der Waals surface area contributed by atoms with Crippen molar-refractivity contribution >= 4 is 24.8 Å². The largest absolute Gasteiger partial charge is 0.492 e. The second-order valence-corrected chi connectivity index (χ2v) is 6.52. The van der Waals surface area contributed by atoms with Gasteiger partial charge in [0.15, 0.2) is 0 Å². The van der Waals surface area contributed by atoms with E-state index >= 15 is 0 Å². The van der Waals surface area contributed by atoms with Crippen LogP contribution in [0.3, 0.4) is 0 Å². The van der Waals surface area contributed by atoms with Gasteiger partial charge in [-0.3, -0.25) is 9.78 Å². The molecule has 0 bridgehead atoms. The molecule has 6 nitrogen and oxygen atoms in total. The lowest BCUT2D eigenvalue weighted by Gasteiger charge is -2.14. The first-order valence-corrected chi connectivity index (χ1v) is 9.08. The number of hydrogen-bond acceptors (Lipinski definition) is 5. The predicted octanol–water partition coefficient (Wildman–Crippen LogP) is 4.12. The lowest BCUT2D eigenvalue weighted by molar-refractivity contribution is 0.312. The second-order valence-electron chi connectivity index (χ2n) is 6.52. The van der Waals surface area contributed by atoms with Gasteiger partial charge < -0.3 is 10.5 Å². The maximum absolute atomic E-state index is 12.1. The Morgan fingerprint density at radius 2 is 1.83 bits per heavy atom. The standard InChI is InChI=1S/C21H24N4O2.2ClH/c1-15(2)25-20(26)10-9-19(24-25)18-13-17(27-12-6-11-22)14-23-21(18)16-7-4-3-5-8-16;;/h3-5,7-10,13-15H,6,11-12,22H2,1-2H3;2*1H. The molecule has 156 valence electrons. The van der Waals surface area contributed by atoms with Crippen molar-refractivity contribution in [3.8, 4) is 28.3 Å². The Hall–Kier alpha value is -2.41. The summed E-state index contributed by atoms with van der Waals surface area (Å²) in [4.78, 5) is 16.7. The van der Waals surface area contributed by atoms with E-state index < -0.39 is 0 Å². The van der Waals surface area contributed by atoms with Crippen LogP contribution in [0.4, 0.5) is 0 Å². The zero-order valence-corrected chi connectivity index (χ0v) is 18.1. The Morgan fingerprint density at radius 1 is 1.10 bits per heavy atom. The zero-order valence-electron chi connectivity index (χ0n) is 16.4. The van der Waals surface area contributed by atoms with E-state index in [4.69, 9.17) is 10.5 Å². The monoisotopic (exact) mass is 436 g/mol. The maximum atomic E-state index is 12.1. The molecule has 2 N–H and O–H groups in total. The first kappa shape index (κ1) is 24.6. The number of benzene rings is 1. The summed E-state index contributed by atoms with van der Waals surface area (Å²) in [5.74, 6) is 0.655. The minimum atomic E-state index is -0.127. The molecule has 0 atom stereocenters. The molecule has 3 rings (SSSR count). The Labute approximate surface area is 182 Å². The molecule has 0 aliphatic rings. The number of pyridine rings is 1. The third-order valence-corrected chi connectivity index (χ3v) is 4.12. The molecule has 2 heterocycles. The molecule has 0 aliphatic carbocycles. The Balaban J connectivity index is 0.00000210. The highest BCUT2D eigenvalue weighted by Gasteiger charge is 2.14. The Morgan fingerprint density at radius 3 is 2.48 bits per heavy atom. The summed E-state index contributed by atoms with van der Waals surface area (Å²) in [7, 11) is 0. The molecule has 8 heteroatoms. The molecule has 0 radical (unpaired) electrons. The van der Waals surface area contributed by atoms with Gasteiger partial charge in [0, 0.05) is 17.2 Å². The molecule has 2 aromatic heterocycles. The number of hydrogen-bond donors (Lipinski definition) is 1. The third-order valence-electron chi connectivity index (χ3n) is 4.12. The van der Waals surface area contributed by atoms with E-state index in [9.17, 15) is 4.79 Å². The smallest absolute Gasteiger partial charge is 0.267 e. The SMILES string of the molecule is CC(C)n1nc(-c2cc(OCCCN)cnc2-c2ccccc2)ccc1=O.Cl.Cl. The molecule has 0 saturated heterocycles. The number of halogens is 2. The quantitative estimate of drug-likeness (QED) is 0.562. The summed E-state index contributed by atoms with van der Waals surface area (Å²) in [6.45, 7) is 4.96. The number of nitrogens with two attached hydrogens (primary N) is 1. The summed E-state index contributed by atoms with van der Waals surface area (Å²) in [6.07, 6.45) is 2.48. The van der Waals surface area contributed by atoms with E-state index in [1.54, 1.807) is 18.3 Å². The van der Waals surface area contributed by atoms with Gasteiger partial charge in [0.05, 0.1) is 30.2 Å². The molecule has 0 amide bonds. The van der Waals surface area contributed by atoms with Gasteiger partial charge in [-0.2, -0.15) is 5.10 Å². The van der Waals surface area contributed by atoms with Gasteiger partial charge in [-0.15, -0.1) is 24.8 Å². The van der Waals surface area contributed by atoms with Crippen molar-refractivity contribution in [2.75, 3.05) is 13.2 Å². The fraction of sp³-hybridized carbons (Fsp3) is 0.286. The van der Waals surface area contributed by atoms with Crippen LogP contribution in [0.25, 0.3) is 22.5 Å². The predicted molar refractivity (Wildman–Crippen MR) is 121 cm³/mol. The lowest BCUT2D eigenvalue weighted by Crippen LogP contribution is -2.24. The Kier molecular flexibility index (Phi) is 9.81. The first-order chi connectivity index (χ1) is 13.1. The van der Waals surface area contributed by atoms with Crippen LogP contribution >= 0.6 is 24.8 Å². The van der Waals surface area contributed by atoms with Crippen LogP contribution in [-0.4, -0.2) is 27.9 Å². The van der Waals surface area contributed by atoms with Gasteiger partial charge in [0.2, 0.25) is 0 Å². The summed E-state index contributed by atoms with van der Waals surface area (Å²) in [5, 5.41) is 4.55. The van der Waals surface area contributed by atoms with E-state index in [1.807, 2.05) is 50.2 Å². The minimum absolute atomic E-state index is 0. The van der Waals surface area contributed by atoms with Crippen LogP contribution in [-0.2, 0) is 0 Å². The van der Waals surface area contributed by atoms with Crippen molar-refractivity contribution in [1.82, 2.24) is 14.8 Å². The molecule has 0 spiro atoms. The highest BCUT2D eigenvalue weighted by molar-refractivity contribution is 5.85. The maximum Gasteiger partial charge on any atom is 0.267 e. The molecule has 3 aromatic rings. The molecule has 0 unspecified atom stereocenters.